The van der Waals surface area contributed by atoms with E-state index in [0.717, 1.165) is 24.2 Å². The molecule has 1 heterocycles. The zero-order chi connectivity index (χ0) is 19.6. The minimum atomic E-state index is -0.133. The van der Waals surface area contributed by atoms with Gasteiger partial charge in [-0.1, -0.05) is 42.5 Å². The van der Waals surface area contributed by atoms with E-state index in [2.05, 4.69) is 32.9 Å². The van der Waals surface area contributed by atoms with Crippen LogP contribution in [-0.4, -0.2) is 28.2 Å². The summed E-state index contributed by atoms with van der Waals surface area (Å²) >= 11 is 0. The predicted octanol–water partition coefficient (Wildman–Crippen LogP) is 2.79. The van der Waals surface area contributed by atoms with E-state index in [1.54, 1.807) is 23.1 Å². The van der Waals surface area contributed by atoms with Crippen LogP contribution in [0.2, 0.25) is 0 Å². The fraction of sp³-hybridized carbons (Fsp3) is 0.190. The topological polar surface area (TPSA) is 97.3 Å². The molecule has 2 aromatic carbocycles. The quantitative estimate of drug-likeness (QED) is 0.250. The van der Waals surface area contributed by atoms with Crippen molar-refractivity contribution in [1.29, 1.82) is 0 Å². The van der Waals surface area contributed by atoms with E-state index in [1.165, 1.54) is 5.56 Å². The number of guanidine groups is 1. The molecule has 7 nitrogen and oxygen atoms in total. The number of hydrogen-bond acceptors (Lipinski definition) is 3. The average Bonchev–Trinajstić information content (AvgIpc) is 3.20. The van der Waals surface area contributed by atoms with Gasteiger partial charge in [0.05, 0.1) is 6.54 Å². The molecule has 0 spiro atoms. The first kappa shape index (κ1) is 22.4. The van der Waals surface area contributed by atoms with Crippen LogP contribution in [0.15, 0.2) is 78.0 Å². The Kier molecular flexibility index (Phi) is 9.16. The molecule has 3 rings (SSSR count). The lowest BCUT2D eigenvalue weighted by atomic mass is 10.1. The van der Waals surface area contributed by atoms with Crippen molar-refractivity contribution in [2.75, 3.05) is 11.9 Å². The second-order valence-electron chi connectivity index (χ2n) is 6.32. The van der Waals surface area contributed by atoms with Gasteiger partial charge in [0, 0.05) is 24.6 Å². The summed E-state index contributed by atoms with van der Waals surface area (Å²) in [6.07, 6.45) is 4.28. The van der Waals surface area contributed by atoms with Crippen LogP contribution in [0.4, 0.5) is 5.69 Å². The van der Waals surface area contributed by atoms with Gasteiger partial charge in [-0.05, 0) is 35.7 Å². The smallest absolute Gasteiger partial charge is 0.246 e. The number of nitrogens with zero attached hydrogens (tertiary/aromatic N) is 3. The molecule has 0 atom stereocenters. The number of amides is 1. The molecule has 3 aromatic rings. The molecule has 0 aliphatic heterocycles. The van der Waals surface area contributed by atoms with E-state index in [9.17, 15) is 4.79 Å². The Hall–Kier alpha value is -2.88. The van der Waals surface area contributed by atoms with Gasteiger partial charge in [-0.25, -0.2) is 4.99 Å². The molecule has 0 radical (unpaired) electrons. The van der Waals surface area contributed by atoms with Crippen LogP contribution in [-0.2, 0) is 24.3 Å². The first-order valence-electron chi connectivity index (χ1n) is 9.13. The van der Waals surface area contributed by atoms with Gasteiger partial charge in [0.25, 0.3) is 0 Å². The van der Waals surface area contributed by atoms with Crippen LogP contribution in [0.25, 0.3) is 0 Å². The Morgan fingerprint density at radius 2 is 1.86 bits per heavy atom. The first-order valence-corrected chi connectivity index (χ1v) is 9.13. The number of nitrogens with two attached hydrogens (primary N) is 1. The van der Waals surface area contributed by atoms with Crippen molar-refractivity contribution in [3.05, 3.63) is 84.2 Å². The summed E-state index contributed by atoms with van der Waals surface area (Å²) in [7, 11) is 0. The highest BCUT2D eigenvalue weighted by Crippen LogP contribution is 2.11. The molecule has 0 saturated carbocycles. The minimum Gasteiger partial charge on any atom is -0.370 e. The Balaban J connectivity index is 0.00000300. The Morgan fingerprint density at radius 3 is 2.62 bits per heavy atom. The van der Waals surface area contributed by atoms with E-state index in [-0.39, 0.29) is 36.4 Å². The lowest BCUT2D eigenvalue weighted by Crippen LogP contribution is -2.33. The first-order chi connectivity index (χ1) is 13.7. The van der Waals surface area contributed by atoms with E-state index in [1.807, 2.05) is 42.5 Å². The highest BCUT2D eigenvalue weighted by molar-refractivity contribution is 14.0. The standard InChI is InChI=1S/C21H24N6O.HI/c22-21(23-12-10-17-6-2-1-3-7-17)24-15-18-8-4-9-19(14-18)26-20(28)16-27-13-5-11-25-27;/h1-9,11,13-14H,10,12,15-16H2,(H,26,28)(H3,22,23,24);1H. The molecular weight excluding hydrogens is 479 g/mol. The second-order valence-corrected chi connectivity index (χ2v) is 6.32. The third kappa shape index (κ3) is 7.94. The Labute approximate surface area is 187 Å². The zero-order valence-electron chi connectivity index (χ0n) is 16.0. The highest BCUT2D eigenvalue weighted by atomic mass is 127. The summed E-state index contributed by atoms with van der Waals surface area (Å²) in [5.74, 6) is 0.274. The minimum absolute atomic E-state index is 0. The molecule has 152 valence electrons. The maximum Gasteiger partial charge on any atom is 0.246 e. The van der Waals surface area contributed by atoms with Gasteiger partial charge in [-0.3, -0.25) is 9.48 Å². The molecule has 0 saturated heterocycles. The van der Waals surface area contributed by atoms with Gasteiger partial charge >= 0.3 is 0 Å². The maximum absolute atomic E-state index is 12.1. The number of nitrogens with one attached hydrogen (secondary N) is 2. The van der Waals surface area contributed by atoms with Crippen LogP contribution < -0.4 is 16.4 Å². The van der Waals surface area contributed by atoms with E-state index < -0.39 is 0 Å². The van der Waals surface area contributed by atoms with Crippen LogP contribution >= 0.6 is 24.0 Å². The van der Waals surface area contributed by atoms with Gasteiger partial charge in [0.1, 0.15) is 6.54 Å². The van der Waals surface area contributed by atoms with Gasteiger partial charge < -0.3 is 16.4 Å². The number of aromatic nitrogens is 2. The van der Waals surface area contributed by atoms with Crippen LogP contribution in [0.3, 0.4) is 0 Å². The number of anilines is 1. The molecule has 0 aliphatic carbocycles. The monoisotopic (exact) mass is 504 g/mol. The zero-order valence-corrected chi connectivity index (χ0v) is 18.3. The summed E-state index contributed by atoms with van der Waals surface area (Å²) in [5.41, 5.74) is 8.88. The maximum atomic E-state index is 12.1. The number of aliphatic imine (C=N–C) groups is 1. The molecular formula is C21H25IN6O. The third-order valence-corrected chi connectivity index (χ3v) is 4.07. The number of carbonyl (C=O) groups excluding carboxylic acids is 1. The largest absolute Gasteiger partial charge is 0.370 e. The molecule has 8 heteroatoms. The lowest BCUT2D eigenvalue weighted by molar-refractivity contribution is -0.116. The van der Waals surface area contributed by atoms with Gasteiger partial charge in [-0.2, -0.15) is 5.10 Å². The fourth-order valence-electron chi connectivity index (χ4n) is 2.70. The SMILES string of the molecule is I.NC(=NCc1cccc(NC(=O)Cn2cccn2)c1)NCCc1ccccc1. The average molecular weight is 504 g/mol. The van der Waals surface area contributed by atoms with Crippen molar-refractivity contribution in [3.8, 4) is 0 Å². The number of halogens is 1. The van der Waals surface area contributed by atoms with Crippen molar-refractivity contribution in [3.63, 3.8) is 0 Å². The molecule has 0 bridgehead atoms. The van der Waals surface area contributed by atoms with Crippen molar-refractivity contribution in [2.24, 2.45) is 10.7 Å². The van der Waals surface area contributed by atoms with E-state index in [4.69, 9.17) is 5.73 Å². The number of rotatable bonds is 8. The van der Waals surface area contributed by atoms with Crippen molar-refractivity contribution < 1.29 is 4.79 Å². The number of carbonyl (C=O) groups is 1. The number of benzene rings is 2. The van der Waals surface area contributed by atoms with Gasteiger partial charge in [0.15, 0.2) is 5.96 Å². The molecule has 0 unspecified atom stereocenters. The van der Waals surface area contributed by atoms with Crippen LogP contribution in [0.1, 0.15) is 11.1 Å². The second kappa shape index (κ2) is 11.8. The molecule has 0 fully saturated rings. The summed E-state index contributed by atoms with van der Waals surface area (Å²) in [5, 5.41) is 10.0. The Morgan fingerprint density at radius 1 is 1.07 bits per heavy atom. The highest BCUT2D eigenvalue weighted by Gasteiger charge is 2.04. The summed E-state index contributed by atoms with van der Waals surface area (Å²) < 4.78 is 1.57. The van der Waals surface area contributed by atoms with Crippen molar-refractivity contribution in [2.45, 2.75) is 19.5 Å². The normalized spacial score (nSPS) is 10.8. The molecule has 1 aromatic heterocycles. The van der Waals surface area contributed by atoms with Crippen LogP contribution in [0, 0.1) is 0 Å². The molecule has 29 heavy (non-hydrogen) atoms. The predicted molar refractivity (Wildman–Crippen MR) is 126 cm³/mol. The molecule has 4 N–H and O–H groups in total. The van der Waals surface area contributed by atoms with E-state index in [0.29, 0.717) is 12.5 Å². The number of hydrogen-bond donors (Lipinski definition) is 3. The van der Waals surface area contributed by atoms with Gasteiger partial charge in [-0.15, -0.1) is 24.0 Å². The third-order valence-electron chi connectivity index (χ3n) is 4.07. The lowest BCUT2D eigenvalue weighted by Gasteiger charge is -2.08. The molecule has 0 aliphatic rings. The fourth-order valence-corrected chi connectivity index (χ4v) is 2.70. The van der Waals surface area contributed by atoms with Crippen LogP contribution in [0.5, 0.6) is 0 Å². The van der Waals surface area contributed by atoms with E-state index >= 15 is 0 Å². The Bertz CT molecular complexity index is 912. The van der Waals surface area contributed by atoms with Crippen molar-refractivity contribution in [1.82, 2.24) is 15.1 Å². The van der Waals surface area contributed by atoms with Crippen molar-refractivity contribution >= 4 is 41.5 Å². The van der Waals surface area contributed by atoms with Gasteiger partial charge in [0.2, 0.25) is 5.91 Å². The molecule has 1 amide bonds. The summed E-state index contributed by atoms with van der Waals surface area (Å²) in [6, 6.07) is 19.6. The summed E-state index contributed by atoms with van der Waals surface area (Å²) in [4.78, 5) is 16.4. The summed E-state index contributed by atoms with van der Waals surface area (Å²) in [6.45, 7) is 1.34.